The molecule has 3 heteroatoms. The van der Waals surface area contributed by atoms with Crippen molar-refractivity contribution in [2.45, 2.75) is 33.6 Å². The van der Waals surface area contributed by atoms with Crippen molar-refractivity contribution in [3.8, 4) is 0 Å². The highest BCUT2D eigenvalue weighted by atomic mass is 16.2. The Balaban J connectivity index is 2.98. The van der Waals surface area contributed by atoms with Gasteiger partial charge < -0.3 is 10.6 Å². The van der Waals surface area contributed by atoms with Crippen molar-refractivity contribution in [1.29, 1.82) is 0 Å². The van der Waals surface area contributed by atoms with Crippen molar-refractivity contribution >= 4 is 11.6 Å². The Morgan fingerprint density at radius 2 is 1.82 bits per heavy atom. The Hall–Kier alpha value is -1.35. The zero-order valence-corrected chi connectivity index (χ0v) is 11.0. The molecule has 0 unspecified atom stereocenters. The molecule has 17 heavy (non-hydrogen) atoms. The summed E-state index contributed by atoms with van der Waals surface area (Å²) in [4.78, 5) is 13.8. The molecule has 0 heterocycles. The van der Waals surface area contributed by atoms with Gasteiger partial charge in [-0.05, 0) is 50.1 Å². The predicted molar refractivity (Wildman–Crippen MR) is 72.2 cm³/mol. The fourth-order valence-electron chi connectivity index (χ4n) is 1.94. The molecule has 0 radical (unpaired) electrons. The van der Waals surface area contributed by atoms with Crippen LogP contribution in [0, 0.1) is 13.8 Å². The lowest BCUT2D eigenvalue weighted by Gasteiger charge is -2.23. The van der Waals surface area contributed by atoms with Crippen molar-refractivity contribution in [2.75, 3.05) is 18.0 Å². The number of hydrogen-bond donors (Lipinski definition) is 1. The van der Waals surface area contributed by atoms with Gasteiger partial charge >= 0.3 is 0 Å². The van der Waals surface area contributed by atoms with E-state index < -0.39 is 0 Å². The number of carbonyl (C=O) groups is 1. The Morgan fingerprint density at radius 3 is 2.29 bits per heavy atom. The summed E-state index contributed by atoms with van der Waals surface area (Å²) < 4.78 is 0. The van der Waals surface area contributed by atoms with Gasteiger partial charge in [0.05, 0.1) is 0 Å². The first-order valence-corrected chi connectivity index (χ1v) is 6.17. The number of nitrogens with zero attached hydrogens (tertiary/aromatic N) is 1. The van der Waals surface area contributed by atoms with E-state index in [0.717, 1.165) is 12.1 Å². The number of rotatable bonds is 5. The molecule has 0 spiro atoms. The number of benzene rings is 1. The molecule has 0 saturated heterocycles. The fraction of sp³-hybridized carbons (Fsp3) is 0.500. The Morgan fingerprint density at radius 1 is 1.24 bits per heavy atom. The second kappa shape index (κ2) is 6.40. The molecular weight excluding hydrogens is 212 g/mol. The lowest BCUT2D eigenvalue weighted by atomic mass is 10.1. The highest BCUT2D eigenvalue weighted by Gasteiger charge is 2.13. The van der Waals surface area contributed by atoms with E-state index >= 15 is 0 Å². The lowest BCUT2D eigenvalue weighted by Crippen LogP contribution is -2.32. The summed E-state index contributed by atoms with van der Waals surface area (Å²) in [6.07, 6.45) is 1.36. The van der Waals surface area contributed by atoms with Crippen LogP contribution in [0.2, 0.25) is 0 Å². The third-order valence-electron chi connectivity index (χ3n) is 2.71. The normalized spacial score (nSPS) is 10.4. The molecule has 1 aromatic rings. The van der Waals surface area contributed by atoms with Gasteiger partial charge in [-0.25, -0.2) is 0 Å². The van der Waals surface area contributed by atoms with Crippen LogP contribution in [0.5, 0.6) is 0 Å². The lowest BCUT2D eigenvalue weighted by molar-refractivity contribution is -0.118. The third kappa shape index (κ3) is 3.86. The van der Waals surface area contributed by atoms with Crippen LogP contribution in [0.25, 0.3) is 0 Å². The second-order valence-electron chi connectivity index (χ2n) is 4.39. The molecule has 0 aromatic heterocycles. The molecular formula is C14H22N2O. The summed E-state index contributed by atoms with van der Waals surface area (Å²) >= 11 is 0. The molecule has 0 atom stereocenters. The largest absolute Gasteiger partial charge is 0.330 e. The monoisotopic (exact) mass is 234 g/mol. The van der Waals surface area contributed by atoms with Crippen LogP contribution in [-0.2, 0) is 4.79 Å². The minimum Gasteiger partial charge on any atom is -0.330 e. The van der Waals surface area contributed by atoms with E-state index in [1.165, 1.54) is 11.1 Å². The van der Waals surface area contributed by atoms with E-state index in [1.807, 2.05) is 25.7 Å². The highest BCUT2D eigenvalue weighted by Crippen LogP contribution is 2.19. The Kier molecular flexibility index (Phi) is 5.16. The van der Waals surface area contributed by atoms with Gasteiger partial charge in [0.1, 0.15) is 0 Å². The zero-order valence-electron chi connectivity index (χ0n) is 11.0. The van der Waals surface area contributed by atoms with E-state index in [4.69, 9.17) is 5.73 Å². The van der Waals surface area contributed by atoms with Gasteiger partial charge in [0.15, 0.2) is 0 Å². The molecule has 1 amide bonds. The van der Waals surface area contributed by atoms with E-state index in [1.54, 1.807) is 0 Å². The summed E-state index contributed by atoms with van der Waals surface area (Å²) in [6, 6.07) is 6.22. The first-order valence-electron chi connectivity index (χ1n) is 6.17. The summed E-state index contributed by atoms with van der Waals surface area (Å²) in [5.74, 6) is 0.156. The highest BCUT2D eigenvalue weighted by molar-refractivity contribution is 5.93. The molecule has 0 saturated carbocycles. The molecule has 0 fully saturated rings. The maximum absolute atomic E-state index is 11.9. The van der Waals surface area contributed by atoms with Crippen molar-refractivity contribution in [3.63, 3.8) is 0 Å². The van der Waals surface area contributed by atoms with Gasteiger partial charge in [-0.2, -0.15) is 0 Å². The van der Waals surface area contributed by atoms with Crippen LogP contribution in [-0.4, -0.2) is 19.0 Å². The van der Waals surface area contributed by atoms with Crippen molar-refractivity contribution in [3.05, 3.63) is 29.3 Å². The molecule has 0 aliphatic carbocycles. The minimum absolute atomic E-state index is 0.156. The van der Waals surface area contributed by atoms with Gasteiger partial charge in [0.25, 0.3) is 0 Å². The van der Waals surface area contributed by atoms with Crippen LogP contribution in [0.1, 0.15) is 30.9 Å². The van der Waals surface area contributed by atoms with Crippen LogP contribution in [0.3, 0.4) is 0 Å². The van der Waals surface area contributed by atoms with Crippen molar-refractivity contribution in [2.24, 2.45) is 5.73 Å². The van der Waals surface area contributed by atoms with Crippen molar-refractivity contribution in [1.82, 2.24) is 0 Å². The SMILES string of the molecule is CCC(=O)N(CCCN)c1cc(C)cc(C)c1. The van der Waals surface area contributed by atoms with Gasteiger partial charge in [0.2, 0.25) is 5.91 Å². The van der Waals surface area contributed by atoms with Crippen LogP contribution in [0.15, 0.2) is 18.2 Å². The number of carbonyl (C=O) groups excluding carboxylic acids is 1. The van der Waals surface area contributed by atoms with Crippen molar-refractivity contribution < 1.29 is 4.79 Å². The third-order valence-corrected chi connectivity index (χ3v) is 2.71. The smallest absolute Gasteiger partial charge is 0.226 e. The minimum atomic E-state index is 0.156. The number of anilines is 1. The van der Waals surface area contributed by atoms with Gasteiger partial charge in [-0.15, -0.1) is 0 Å². The van der Waals surface area contributed by atoms with Crippen LogP contribution < -0.4 is 10.6 Å². The Bertz CT molecular complexity index is 368. The van der Waals surface area contributed by atoms with Crippen LogP contribution >= 0.6 is 0 Å². The Labute approximate surface area is 104 Å². The first-order chi connectivity index (χ1) is 8.08. The number of nitrogens with two attached hydrogens (primary N) is 1. The van der Waals surface area contributed by atoms with E-state index in [-0.39, 0.29) is 5.91 Å². The quantitative estimate of drug-likeness (QED) is 0.850. The standard InChI is InChI=1S/C14H22N2O/c1-4-14(17)16(7-5-6-15)13-9-11(2)8-12(3)10-13/h8-10H,4-7,15H2,1-3H3. The average Bonchev–Trinajstić information content (AvgIpc) is 2.28. The molecule has 3 nitrogen and oxygen atoms in total. The van der Waals surface area contributed by atoms with Crippen LogP contribution in [0.4, 0.5) is 5.69 Å². The molecule has 0 aliphatic rings. The molecule has 0 bridgehead atoms. The van der Waals surface area contributed by atoms with E-state index in [2.05, 4.69) is 18.2 Å². The van der Waals surface area contributed by atoms with Gasteiger partial charge in [-0.1, -0.05) is 13.0 Å². The predicted octanol–water partition coefficient (Wildman–Crippen LogP) is 2.40. The number of amides is 1. The summed E-state index contributed by atoms with van der Waals surface area (Å²) in [6.45, 7) is 7.30. The topological polar surface area (TPSA) is 46.3 Å². The second-order valence-corrected chi connectivity index (χ2v) is 4.39. The molecule has 0 aliphatic heterocycles. The summed E-state index contributed by atoms with van der Waals surface area (Å²) in [5, 5.41) is 0. The molecule has 1 aromatic carbocycles. The van der Waals surface area contributed by atoms with E-state index in [9.17, 15) is 4.79 Å². The maximum Gasteiger partial charge on any atom is 0.226 e. The van der Waals surface area contributed by atoms with E-state index in [0.29, 0.717) is 19.5 Å². The maximum atomic E-state index is 11.9. The van der Waals surface area contributed by atoms with Gasteiger partial charge in [0, 0.05) is 18.7 Å². The summed E-state index contributed by atoms with van der Waals surface area (Å²) in [5.41, 5.74) is 8.87. The molecule has 2 N–H and O–H groups in total. The number of hydrogen-bond acceptors (Lipinski definition) is 2. The summed E-state index contributed by atoms with van der Waals surface area (Å²) in [7, 11) is 0. The average molecular weight is 234 g/mol. The molecule has 94 valence electrons. The van der Waals surface area contributed by atoms with Gasteiger partial charge in [-0.3, -0.25) is 4.79 Å². The first kappa shape index (κ1) is 13.7. The zero-order chi connectivity index (χ0) is 12.8. The number of aryl methyl sites for hydroxylation is 2. The fourth-order valence-corrected chi connectivity index (χ4v) is 1.94. The molecule has 1 rings (SSSR count).